The summed E-state index contributed by atoms with van der Waals surface area (Å²) < 4.78 is 37.3. The highest BCUT2D eigenvalue weighted by atomic mass is 35.5. The lowest BCUT2D eigenvalue weighted by molar-refractivity contribution is 0.145. The van der Waals surface area contributed by atoms with Crippen molar-refractivity contribution in [3.8, 4) is 0 Å². The number of hydrogen-bond acceptors (Lipinski definition) is 2. The molecule has 6 heteroatoms. The largest absolute Gasteiger partial charge is 0.392 e. The fourth-order valence-corrected chi connectivity index (χ4v) is 1.14. The SMILES string of the molecule is OCc1c(F)cnc(Cl)c1C(F)F. The van der Waals surface area contributed by atoms with E-state index < -0.39 is 35.1 Å². The van der Waals surface area contributed by atoms with Crippen LogP contribution in [-0.4, -0.2) is 10.1 Å². The van der Waals surface area contributed by atoms with Gasteiger partial charge in [0.15, 0.2) is 0 Å². The molecule has 0 aromatic carbocycles. The molecule has 0 saturated carbocycles. The first kappa shape index (κ1) is 10.3. The van der Waals surface area contributed by atoms with Gasteiger partial charge >= 0.3 is 0 Å². The summed E-state index contributed by atoms with van der Waals surface area (Å²) in [5.74, 6) is -0.984. The molecule has 0 aliphatic heterocycles. The van der Waals surface area contributed by atoms with Crippen LogP contribution in [0.4, 0.5) is 13.2 Å². The Morgan fingerprint density at radius 1 is 1.54 bits per heavy atom. The van der Waals surface area contributed by atoms with Crippen molar-refractivity contribution in [2.75, 3.05) is 0 Å². The van der Waals surface area contributed by atoms with Crippen LogP contribution in [0, 0.1) is 5.82 Å². The molecular formula is C7H5ClF3NO. The third-order valence-corrected chi connectivity index (χ3v) is 1.80. The molecule has 1 aromatic rings. The Morgan fingerprint density at radius 2 is 2.15 bits per heavy atom. The highest BCUT2D eigenvalue weighted by Gasteiger charge is 2.20. The van der Waals surface area contributed by atoms with E-state index in [4.69, 9.17) is 16.7 Å². The zero-order valence-corrected chi connectivity index (χ0v) is 7.02. The van der Waals surface area contributed by atoms with E-state index in [1.54, 1.807) is 0 Å². The lowest BCUT2D eigenvalue weighted by atomic mass is 10.1. The third-order valence-electron chi connectivity index (χ3n) is 1.50. The smallest absolute Gasteiger partial charge is 0.267 e. The molecule has 0 bridgehead atoms. The molecule has 72 valence electrons. The van der Waals surface area contributed by atoms with Crippen molar-refractivity contribution in [1.82, 2.24) is 4.98 Å². The van der Waals surface area contributed by atoms with Crippen LogP contribution >= 0.6 is 11.6 Å². The average molecular weight is 212 g/mol. The van der Waals surface area contributed by atoms with Crippen LogP contribution in [0.1, 0.15) is 17.6 Å². The molecule has 1 N–H and O–H groups in total. The summed E-state index contributed by atoms with van der Waals surface area (Å²) in [4.78, 5) is 3.21. The highest BCUT2D eigenvalue weighted by Crippen LogP contribution is 2.30. The number of hydrogen-bond donors (Lipinski definition) is 1. The number of aliphatic hydroxyl groups is 1. The van der Waals surface area contributed by atoms with E-state index in [9.17, 15) is 13.2 Å². The Balaban J connectivity index is 3.35. The molecule has 1 rings (SSSR count). The predicted octanol–water partition coefficient (Wildman–Crippen LogP) is 2.30. The lowest BCUT2D eigenvalue weighted by Gasteiger charge is -2.08. The van der Waals surface area contributed by atoms with Crippen LogP contribution < -0.4 is 0 Å². The second-order valence-corrected chi connectivity index (χ2v) is 2.61. The van der Waals surface area contributed by atoms with E-state index in [0.29, 0.717) is 6.20 Å². The van der Waals surface area contributed by atoms with Crippen LogP contribution in [0.25, 0.3) is 0 Å². The summed E-state index contributed by atoms with van der Waals surface area (Å²) in [6.07, 6.45) is -2.25. The van der Waals surface area contributed by atoms with Crippen LogP contribution in [0.15, 0.2) is 6.20 Å². The normalized spacial score (nSPS) is 10.9. The molecule has 1 aromatic heterocycles. The topological polar surface area (TPSA) is 33.1 Å². The predicted molar refractivity (Wildman–Crippen MR) is 40.1 cm³/mol. The monoisotopic (exact) mass is 211 g/mol. The summed E-state index contributed by atoms with van der Waals surface area (Å²) in [6.45, 7) is -0.826. The van der Waals surface area contributed by atoms with Gasteiger partial charge in [0.2, 0.25) is 0 Å². The average Bonchev–Trinajstić information content (AvgIpc) is 2.07. The number of aliphatic hydroxyl groups excluding tert-OH is 1. The third kappa shape index (κ3) is 1.92. The minimum Gasteiger partial charge on any atom is -0.392 e. The lowest BCUT2D eigenvalue weighted by Crippen LogP contribution is -2.01. The van der Waals surface area contributed by atoms with Gasteiger partial charge in [-0.05, 0) is 0 Å². The second kappa shape index (κ2) is 3.93. The Labute approximate surface area is 77.0 Å². The molecule has 0 atom stereocenters. The molecule has 0 unspecified atom stereocenters. The zero-order valence-electron chi connectivity index (χ0n) is 6.27. The van der Waals surface area contributed by atoms with Gasteiger partial charge in [-0.3, -0.25) is 0 Å². The summed E-state index contributed by atoms with van der Waals surface area (Å²) >= 11 is 5.31. The number of pyridine rings is 1. The van der Waals surface area contributed by atoms with Crippen molar-refractivity contribution in [3.63, 3.8) is 0 Å². The summed E-state index contributed by atoms with van der Waals surface area (Å²) in [7, 11) is 0. The zero-order chi connectivity index (χ0) is 10.0. The molecule has 0 aliphatic carbocycles. The van der Waals surface area contributed by atoms with Gasteiger partial charge in [-0.2, -0.15) is 0 Å². The van der Waals surface area contributed by atoms with E-state index in [1.807, 2.05) is 0 Å². The van der Waals surface area contributed by atoms with E-state index in [2.05, 4.69) is 4.98 Å². The van der Waals surface area contributed by atoms with E-state index in [0.717, 1.165) is 0 Å². The second-order valence-electron chi connectivity index (χ2n) is 2.25. The number of aromatic nitrogens is 1. The van der Waals surface area contributed by atoms with Crippen molar-refractivity contribution < 1.29 is 18.3 Å². The maximum absolute atomic E-state index is 12.8. The fraction of sp³-hybridized carbons (Fsp3) is 0.286. The molecule has 0 amide bonds. The maximum Gasteiger partial charge on any atom is 0.267 e. The maximum atomic E-state index is 12.8. The van der Waals surface area contributed by atoms with Gasteiger partial charge in [0.1, 0.15) is 11.0 Å². The van der Waals surface area contributed by atoms with Crippen LogP contribution in [0.2, 0.25) is 5.15 Å². The van der Waals surface area contributed by atoms with Gasteiger partial charge in [-0.1, -0.05) is 11.6 Å². The van der Waals surface area contributed by atoms with Gasteiger partial charge in [-0.15, -0.1) is 0 Å². The highest BCUT2D eigenvalue weighted by molar-refractivity contribution is 6.30. The van der Waals surface area contributed by atoms with Crippen LogP contribution in [0.3, 0.4) is 0 Å². The molecule has 13 heavy (non-hydrogen) atoms. The first-order chi connectivity index (χ1) is 6.07. The quantitative estimate of drug-likeness (QED) is 0.762. The van der Waals surface area contributed by atoms with E-state index in [-0.39, 0.29) is 0 Å². The van der Waals surface area contributed by atoms with Crippen LogP contribution in [0.5, 0.6) is 0 Å². The van der Waals surface area contributed by atoms with Gasteiger partial charge in [-0.25, -0.2) is 18.2 Å². The van der Waals surface area contributed by atoms with Gasteiger partial charge in [0.05, 0.1) is 18.4 Å². The first-order valence-corrected chi connectivity index (χ1v) is 3.67. The molecular weight excluding hydrogens is 207 g/mol. The van der Waals surface area contributed by atoms with Crippen molar-refractivity contribution in [1.29, 1.82) is 0 Å². The molecule has 1 heterocycles. The van der Waals surface area contributed by atoms with Gasteiger partial charge in [0, 0.05) is 5.56 Å². The number of rotatable bonds is 2. The molecule has 2 nitrogen and oxygen atoms in total. The van der Waals surface area contributed by atoms with Crippen molar-refractivity contribution in [2.24, 2.45) is 0 Å². The van der Waals surface area contributed by atoms with Crippen LogP contribution in [-0.2, 0) is 6.61 Å². The van der Waals surface area contributed by atoms with Crippen molar-refractivity contribution >= 4 is 11.6 Å². The van der Waals surface area contributed by atoms with Gasteiger partial charge < -0.3 is 5.11 Å². The minimum atomic E-state index is -2.95. The summed E-state index contributed by atoms with van der Waals surface area (Å²) in [6, 6.07) is 0. The minimum absolute atomic E-state index is 0.486. The number of nitrogens with zero attached hydrogens (tertiary/aromatic N) is 1. The van der Waals surface area contributed by atoms with Crippen molar-refractivity contribution in [3.05, 3.63) is 28.3 Å². The number of alkyl halides is 2. The molecule has 0 radical (unpaired) electrons. The molecule has 0 aliphatic rings. The van der Waals surface area contributed by atoms with E-state index in [1.165, 1.54) is 0 Å². The number of halogens is 4. The molecule has 0 saturated heterocycles. The summed E-state index contributed by atoms with van der Waals surface area (Å²) in [5, 5.41) is 8.13. The van der Waals surface area contributed by atoms with E-state index >= 15 is 0 Å². The summed E-state index contributed by atoms with van der Waals surface area (Å²) in [5.41, 5.74) is -1.25. The standard InChI is InChI=1S/C7H5ClF3NO/c8-6-5(7(10)11)3(2-13)4(9)1-12-6/h1,7,13H,2H2. The fourth-order valence-electron chi connectivity index (χ4n) is 0.896. The molecule has 0 spiro atoms. The Hall–Kier alpha value is -0.810. The Bertz CT molecular complexity index is 319. The van der Waals surface area contributed by atoms with Crippen molar-refractivity contribution in [2.45, 2.75) is 13.0 Å². The Kier molecular flexibility index (Phi) is 3.11. The molecule has 0 fully saturated rings. The van der Waals surface area contributed by atoms with Gasteiger partial charge in [0.25, 0.3) is 6.43 Å². The Morgan fingerprint density at radius 3 is 2.54 bits per heavy atom. The first-order valence-electron chi connectivity index (χ1n) is 3.29.